The predicted octanol–water partition coefficient (Wildman–Crippen LogP) is 2.19. The zero-order valence-electron chi connectivity index (χ0n) is 13.6. The number of benzene rings is 1. The van der Waals surface area contributed by atoms with Crippen LogP contribution in [-0.4, -0.2) is 36.9 Å². The van der Waals surface area contributed by atoms with Crippen molar-refractivity contribution < 1.29 is 14.6 Å². The van der Waals surface area contributed by atoms with Gasteiger partial charge in [0.2, 0.25) is 0 Å². The van der Waals surface area contributed by atoms with E-state index in [2.05, 4.69) is 22.8 Å². The molecule has 1 atom stereocenters. The topological polar surface area (TPSA) is 70.6 Å². The predicted molar refractivity (Wildman–Crippen MR) is 86.4 cm³/mol. The summed E-state index contributed by atoms with van der Waals surface area (Å²) in [6.07, 6.45) is 3.26. The van der Waals surface area contributed by atoms with Crippen LogP contribution in [-0.2, 0) is 6.42 Å². The lowest BCUT2D eigenvalue weighted by atomic mass is 9.82. The van der Waals surface area contributed by atoms with Crippen molar-refractivity contribution >= 4 is 6.03 Å². The van der Waals surface area contributed by atoms with E-state index in [0.717, 1.165) is 25.0 Å². The van der Waals surface area contributed by atoms with E-state index in [1.165, 1.54) is 11.1 Å². The number of urea groups is 1. The molecule has 0 radical (unpaired) electrons. The van der Waals surface area contributed by atoms with Crippen LogP contribution in [0.1, 0.15) is 43.7 Å². The summed E-state index contributed by atoms with van der Waals surface area (Å²) < 4.78 is 5.27. The SMILES string of the molecule is COc1ccc2c(c1)CCCC2CNC(=O)NCC(C)(C)O. The van der Waals surface area contributed by atoms with E-state index in [1.54, 1.807) is 21.0 Å². The van der Waals surface area contributed by atoms with Crippen molar-refractivity contribution in [3.05, 3.63) is 29.3 Å². The number of ether oxygens (including phenoxy) is 1. The molecular weight excluding hydrogens is 280 g/mol. The lowest BCUT2D eigenvalue weighted by molar-refractivity contribution is 0.0819. The van der Waals surface area contributed by atoms with Gasteiger partial charge in [-0.1, -0.05) is 6.07 Å². The number of aryl methyl sites for hydroxylation is 1. The Balaban J connectivity index is 1.91. The van der Waals surface area contributed by atoms with E-state index in [-0.39, 0.29) is 12.6 Å². The van der Waals surface area contributed by atoms with E-state index in [9.17, 15) is 9.90 Å². The van der Waals surface area contributed by atoms with Gasteiger partial charge in [0.15, 0.2) is 0 Å². The Labute approximate surface area is 132 Å². The van der Waals surface area contributed by atoms with Gasteiger partial charge in [0.05, 0.1) is 12.7 Å². The second-order valence-corrected chi connectivity index (χ2v) is 6.53. The number of aliphatic hydroxyl groups is 1. The molecule has 1 aliphatic rings. The molecule has 0 bridgehead atoms. The minimum atomic E-state index is -0.897. The molecule has 0 saturated carbocycles. The summed E-state index contributed by atoms with van der Waals surface area (Å²) in [6, 6.07) is 5.94. The van der Waals surface area contributed by atoms with Crippen molar-refractivity contribution in [3.8, 4) is 5.75 Å². The zero-order valence-corrected chi connectivity index (χ0v) is 13.6. The maximum atomic E-state index is 11.8. The maximum absolute atomic E-state index is 11.8. The smallest absolute Gasteiger partial charge is 0.314 e. The van der Waals surface area contributed by atoms with Crippen molar-refractivity contribution in [3.63, 3.8) is 0 Å². The first-order valence-electron chi connectivity index (χ1n) is 7.80. The van der Waals surface area contributed by atoms with E-state index in [4.69, 9.17) is 4.74 Å². The van der Waals surface area contributed by atoms with Gasteiger partial charge in [-0.05, 0) is 56.4 Å². The molecule has 5 heteroatoms. The fourth-order valence-electron chi connectivity index (χ4n) is 2.81. The molecule has 1 aromatic rings. The normalized spacial score (nSPS) is 17.5. The van der Waals surface area contributed by atoms with E-state index < -0.39 is 5.60 Å². The van der Waals surface area contributed by atoms with Crippen LogP contribution in [0.15, 0.2) is 18.2 Å². The molecule has 5 nitrogen and oxygen atoms in total. The third-order valence-electron chi connectivity index (χ3n) is 3.98. The average molecular weight is 306 g/mol. The summed E-state index contributed by atoms with van der Waals surface area (Å²) in [5, 5.41) is 15.2. The minimum Gasteiger partial charge on any atom is -0.497 e. The number of nitrogens with one attached hydrogen (secondary N) is 2. The summed E-state index contributed by atoms with van der Waals surface area (Å²) in [5.74, 6) is 1.22. The van der Waals surface area contributed by atoms with Crippen molar-refractivity contribution in [2.45, 2.75) is 44.6 Å². The highest BCUT2D eigenvalue weighted by atomic mass is 16.5. The fourth-order valence-corrected chi connectivity index (χ4v) is 2.81. The van der Waals surface area contributed by atoms with Crippen molar-refractivity contribution in [1.82, 2.24) is 10.6 Å². The van der Waals surface area contributed by atoms with Gasteiger partial charge in [-0.25, -0.2) is 4.79 Å². The summed E-state index contributed by atoms with van der Waals surface area (Å²) in [4.78, 5) is 11.8. The fraction of sp³-hybridized carbons (Fsp3) is 0.588. The van der Waals surface area contributed by atoms with E-state index >= 15 is 0 Å². The molecule has 1 unspecified atom stereocenters. The second-order valence-electron chi connectivity index (χ2n) is 6.53. The molecule has 0 aliphatic heterocycles. The number of carbonyl (C=O) groups excluding carboxylic acids is 1. The van der Waals surface area contributed by atoms with Gasteiger partial charge < -0.3 is 20.5 Å². The molecule has 0 saturated heterocycles. The Morgan fingerprint density at radius 1 is 1.41 bits per heavy atom. The van der Waals surface area contributed by atoms with Crippen molar-refractivity contribution in [2.24, 2.45) is 0 Å². The van der Waals surface area contributed by atoms with Crippen LogP contribution in [0.25, 0.3) is 0 Å². The lowest BCUT2D eigenvalue weighted by Gasteiger charge is -2.26. The van der Waals surface area contributed by atoms with E-state index in [0.29, 0.717) is 12.5 Å². The molecule has 2 rings (SSSR count). The van der Waals surface area contributed by atoms with Gasteiger partial charge in [-0.15, -0.1) is 0 Å². The summed E-state index contributed by atoms with van der Waals surface area (Å²) in [5.41, 5.74) is 1.72. The summed E-state index contributed by atoms with van der Waals surface area (Å²) in [7, 11) is 1.68. The van der Waals surface area contributed by atoms with Crippen LogP contribution in [0.3, 0.4) is 0 Å². The van der Waals surface area contributed by atoms with Gasteiger partial charge in [0, 0.05) is 19.0 Å². The Morgan fingerprint density at radius 3 is 2.86 bits per heavy atom. The molecule has 0 heterocycles. The van der Waals surface area contributed by atoms with Crippen LogP contribution in [0, 0.1) is 0 Å². The second kappa shape index (κ2) is 7.01. The average Bonchev–Trinajstić information content (AvgIpc) is 2.49. The Kier molecular flexibility index (Phi) is 5.29. The number of fused-ring (bicyclic) bond motifs is 1. The van der Waals surface area contributed by atoms with E-state index in [1.807, 2.05) is 6.07 Å². The minimum absolute atomic E-state index is 0.233. The molecule has 2 amide bonds. The lowest BCUT2D eigenvalue weighted by Crippen LogP contribution is -2.44. The molecule has 0 spiro atoms. The summed E-state index contributed by atoms with van der Waals surface area (Å²) >= 11 is 0. The highest BCUT2D eigenvalue weighted by Crippen LogP contribution is 2.33. The van der Waals surface area contributed by atoms with Gasteiger partial charge >= 0.3 is 6.03 Å². The highest BCUT2D eigenvalue weighted by molar-refractivity contribution is 5.74. The van der Waals surface area contributed by atoms with Crippen molar-refractivity contribution in [1.29, 1.82) is 0 Å². The number of rotatable bonds is 5. The quantitative estimate of drug-likeness (QED) is 0.781. The molecule has 0 aromatic heterocycles. The van der Waals surface area contributed by atoms with Gasteiger partial charge in [0.25, 0.3) is 0 Å². The van der Waals surface area contributed by atoms with Crippen LogP contribution < -0.4 is 15.4 Å². The maximum Gasteiger partial charge on any atom is 0.314 e. The van der Waals surface area contributed by atoms with Gasteiger partial charge in [-0.2, -0.15) is 0 Å². The highest BCUT2D eigenvalue weighted by Gasteiger charge is 2.21. The molecule has 1 aromatic carbocycles. The first kappa shape index (κ1) is 16.6. The van der Waals surface area contributed by atoms with Gasteiger partial charge in [0.1, 0.15) is 5.75 Å². The van der Waals surface area contributed by atoms with Crippen molar-refractivity contribution in [2.75, 3.05) is 20.2 Å². The largest absolute Gasteiger partial charge is 0.497 e. The third kappa shape index (κ3) is 4.63. The number of amides is 2. The van der Waals surface area contributed by atoms with Crippen LogP contribution >= 0.6 is 0 Å². The Hall–Kier alpha value is -1.75. The monoisotopic (exact) mass is 306 g/mol. The Bertz CT molecular complexity index is 523. The summed E-state index contributed by atoms with van der Waals surface area (Å²) in [6.45, 7) is 4.17. The standard InChI is InChI=1S/C17H26N2O3/c1-17(2,21)11-19-16(20)18-10-13-6-4-5-12-9-14(22-3)7-8-15(12)13/h7-9,13,21H,4-6,10-11H2,1-3H3,(H2,18,19,20). The third-order valence-corrected chi connectivity index (χ3v) is 3.98. The Morgan fingerprint density at radius 2 is 2.18 bits per heavy atom. The zero-order chi connectivity index (χ0) is 16.2. The first-order chi connectivity index (χ1) is 10.4. The number of methoxy groups -OCH3 is 1. The molecule has 3 N–H and O–H groups in total. The van der Waals surface area contributed by atoms with Crippen LogP contribution in [0.5, 0.6) is 5.75 Å². The molecule has 1 aliphatic carbocycles. The molecular formula is C17H26N2O3. The van der Waals surface area contributed by atoms with Gasteiger partial charge in [-0.3, -0.25) is 0 Å². The van der Waals surface area contributed by atoms with Crippen LogP contribution in [0.2, 0.25) is 0 Å². The first-order valence-corrected chi connectivity index (χ1v) is 7.80. The number of hydrogen-bond donors (Lipinski definition) is 3. The molecule has 0 fully saturated rings. The molecule has 122 valence electrons. The number of hydrogen-bond acceptors (Lipinski definition) is 3. The number of carbonyl (C=O) groups is 1. The van der Waals surface area contributed by atoms with Crippen LogP contribution in [0.4, 0.5) is 4.79 Å². The molecule has 22 heavy (non-hydrogen) atoms.